The number of benzene rings is 4. The van der Waals surface area contributed by atoms with E-state index in [-0.39, 0.29) is 5.82 Å². The standard InChI is InChI=1S/C28H23F/c1-3-4-21-7-9-22(10-8-21)11-12-23-13-17-27-25(19-23)16-18-26(28(27)29)24-14-5-20(2)6-15-24/h5-10,13-19H,3-4H2,1-2H3. The van der Waals surface area contributed by atoms with Crippen LogP contribution in [0.25, 0.3) is 21.9 Å². The minimum atomic E-state index is -0.183. The van der Waals surface area contributed by atoms with Crippen LogP contribution >= 0.6 is 0 Å². The summed E-state index contributed by atoms with van der Waals surface area (Å²) in [6, 6.07) is 25.8. The first kappa shape index (κ1) is 19.0. The maximum atomic E-state index is 15.1. The first-order valence-corrected chi connectivity index (χ1v) is 10.0. The van der Waals surface area contributed by atoms with Gasteiger partial charge < -0.3 is 0 Å². The second-order valence-electron chi connectivity index (χ2n) is 7.43. The fourth-order valence-electron chi connectivity index (χ4n) is 3.51. The van der Waals surface area contributed by atoms with Crippen molar-refractivity contribution in [3.05, 3.63) is 107 Å². The molecule has 0 saturated heterocycles. The van der Waals surface area contributed by atoms with Crippen LogP contribution in [-0.4, -0.2) is 0 Å². The van der Waals surface area contributed by atoms with E-state index in [1.165, 1.54) is 5.56 Å². The maximum absolute atomic E-state index is 15.1. The molecule has 0 aromatic heterocycles. The quantitative estimate of drug-likeness (QED) is 0.328. The van der Waals surface area contributed by atoms with Crippen molar-refractivity contribution in [1.82, 2.24) is 0 Å². The molecule has 0 aliphatic rings. The first-order valence-electron chi connectivity index (χ1n) is 10.0. The maximum Gasteiger partial charge on any atom is 0.138 e. The number of halogens is 1. The lowest BCUT2D eigenvalue weighted by molar-refractivity contribution is 0.643. The summed E-state index contributed by atoms with van der Waals surface area (Å²) in [6.45, 7) is 4.21. The highest BCUT2D eigenvalue weighted by Gasteiger charge is 2.09. The summed E-state index contributed by atoms with van der Waals surface area (Å²) in [4.78, 5) is 0. The Hall–Kier alpha value is -3.37. The van der Waals surface area contributed by atoms with Gasteiger partial charge in [-0.1, -0.05) is 85.3 Å². The lowest BCUT2D eigenvalue weighted by Crippen LogP contribution is -1.88. The molecule has 29 heavy (non-hydrogen) atoms. The molecule has 0 nitrogen and oxygen atoms in total. The summed E-state index contributed by atoms with van der Waals surface area (Å²) in [5, 5.41) is 1.49. The Kier molecular flexibility index (Phi) is 5.45. The van der Waals surface area contributed by atoms with Crippen LogP contribution in [-0.2, 0) is 6.42 Å². The predicted molar refractivity (Wildman–Crippen MR) is 120 cm³/mol. The highest BCUT2D eigenvalue weighted by Crippen LogP contribution is 2.29. The molecule has 0 spiro atoms. The third kappa shape index (κ3) is 4.23. The summed E-state index contributed by atoms with van der Waals surface area (Å²) >= 11 is 0. The van der Waals surface area contributed by atoms with Gasteiger partial charge in [-0.2, -0.15) is 0 Å². The Morgan fingerprint density at radius 2 is 1.45 bits per heavy atom. The van der Waals surface area contributed by atoms with Gasteiger partial charge >= 0.3 is 0 Å². The zero-order chi connectivity index (χ0) is 20.2. The second-order valence-corrected chi connectivity index (χ2v) is 7.43. The molecule has 0 saturated carbocycles. The zero-order valence-electron chi connectivity index (χ0n) is 16.8. The topological polar surface area (TPSA) is 0 Å². The lowest BCUT2D eigenvalue weighted by Gasteiger charge is -2.08. The number of hydrogen-bond acceptors (Lipinski definition) is 0. The Morgan fingerprint density at radius 1 is 0.759 bits per heavy atom. The van der Waals surface area contributed by atoms with Gasteiger partial charge in [-0.05, 0) is 54.1 Å². The van der Waals surface area contributed by atoms with Crippen LogP contribution < -0.4 is 0 Å². The molecule has 142 valence electrons. The molecule has 0 atom stereocenters. The number of aryl methyl sites for hydroxylation is 2. The zero-order valence-corrected chi connectivity index (χ0v) is 16.8. The largest absolute Gasteiger partial charge is 0.206 e. The molecule has 0 aliphatic heterocycles. The third-order valence-corrected chi connectivity index (χ3v) is 5.16. The summed E-state index contributed by atoms with van der Waals surface area (Å²) in [5.41, 5.74) is 5.90. The van der Waals surface area contributed by atoms with Gasteiger partial charge in [-0.25, -0.2) is 4.39 Å². The number of hydrogen-bond donors (Lipinski definition) is 0. The molecular weight excluding hydrogens is 355 g/mol. The first-order chi connectivity index (χ1) is 14.1. The second kappa shape index (κ2) is 8.33. The van der Waals surface area contributed by atoms with Crippen molar-refractivity contribution >= 4 is 10.8 Å². The molecule has 0 heterocycles. The van der Waals surface area contributed by atoms with Crippen molar-refractivity contribution in [1.29, 1.82) is 0 Å². The van der Waals surface area contributed by atoms with Gasteiger partial charge in [-0.15, -0.1) is 0 Å². The van der Waals surface area contributed by atoms with E-state index in [1.807, 2.05) is 61.5 Å². The number of rotatable bonds is 3. The molecule has 0 bridgehead atoms. The van der Waals surface area contributed by atoms with Crippen LogP contribution in [0.5, 0.6) is 0 Å². The van der Waals surface area contributed by atoms with Crippen molar-refractivity contribution in [2.24, 2.45) is 0 Å². The normalized spacial score (nSPS) is 10.6. The molecule has 1 heteroatoms. The Bertz CT molecular complexity index is 1200. The van der Waals surface area contributed by atoms with E-state index < -0.39 is 0 Å². The van der Waals surface area contributed by atoms with Gasteiger partial charge in [0, 0.05) is 22.1 Å². The molecule has 4 rings (SSSR count). The van der Waals surface area contributed by atoms with Gasteiger partial charge in [0.05, 0.1) is 0 Å². The summed E-state index contributed by atoms with van der Waals surface area (Å²) < 4.78 is 15.1. The van der Waals surface area contributed by atoms with Crippen LogP contribution in [0.4, 0.5) is 4.39 Å². The Balaban J connectivity index is 1.64. The SMILES string of the molecule is CCCc1ccc(C#Cc2ccc3c(F)c(-c4ccc(C)cc4)ccc3c2)cc1. The van der Waals surface area contributed by atoms with Crippen molar-refractivity contribution in [2.45, 2.75) is 26.7 Å². The fraction of sp³-hybridized carbons (Fsp3) is 0.143. The van der Waals surface area contributed by atoms with Crippen molar-refractivity contribution < 1.29 is 4.39 Å². The Morgan fingerprint density at radius 3 is 2.17 bits per heavy atom. The van der Waals surface area contributed by atoms with E-state index in [0.29, 0.717) is 10.9 Å². The highest BCUT2D eigenvalue weighted by atomic mass is 19.1. The Labute approximate surface area is 172 Å². The van der Waals surface area contributed by atoms with E-state index in [9.17, 15) is 0 Å². The van der Waals surface area contributed by atoms with E-state index >= 15 is 4.39 Å². The molecule has 0 unspecified atom stereocenters. The molecule has 4 aromatic rings. The van der Waals surface area contributed by atoms with E-state index in [2.05, 4.69) is 43.0 Å². The third-order valence-electron chi connectivity index (χ3n) is 5.16. The minimum absolute atomic E-state index is 0.183. The van der Waals surface area contributed by atoms with E-state index in [1.54, 1.807) is 0 Å². The molecule has 0 aliphatic carbocycles. The van der Waals surface area contributed by atoms with Crippen LogP contribution in [0, 0.1) is 24.6 Å². The van der Waals surface area contributed by atoms with Crippen LogP contribution in [0.15, 0.2) is 78.9 Å². The van der Waals surface area contributed by atoms with E-state index in [4.69, 9.17) is 0 Å². The average Bonchev–Trinajstić information content (AvgIpc) is 2.74. The monoisotopic (exact) mass is 378 g/mol. The summed E-state index contributed by atoms with van der Waals surface area (Å²) in [6.07, 6.45) is 2.23. The van der Waals surface area contributed by atoms with Gasteiger partial charge in [-0.3, -0.25) is 0 Å². The van der Waals surface area contributed by atoms with E-state index in [0.717, 1.165) is 40.5 Å². The summed E-state index contributed by atoms with van der Waals surface area (Å²) in [5.74, 6) is 6.23. The van der Waals surface area contributed by atoms with Crippen LogP contribution in [0.1, 0.15) is 35.6 Å². The highest BCUT2D eigenvalue weighted by molar-refractivity contribution is 5.89. The number of fused-ring (bicyclic) bond motifs is 1. The van der Waals surface area contributed by atoms with Gasteiger partial charge in [0.15, 0.2) is 0 Å². The smallest absolute Gasteiger partial charge is 0.138 e. The molecule has 0 radical (unpaired) electrons. The van der Waals surface area contributed by atoms with Crippen LogP contribution in [0.2, 0.25) is 0 Å². The molecule has 0 N–H and O–H groups in total. The average molecular weight is 378 g/mol. The van der Waals surface area contributed by atoms with Crippen molar-refractivity contribution in [2.75, 3.05) is 0 Å². The van der Waals surface area contributed by atoms with Gasteiger partial charge in [0.2, 0.25) is 0 Å². The predicted octanol–water partition coefficient (Wildman–Crippen LogP) is 7.31. The summed E-state index contributed by atoms with van der Waals surface area (Å²) in [7, 11) is 0. The fourth-order valence-corrected chi connectivity index (χ4v) is 3.51. The lowest BCUT2D eigenvalue weighted by atomic mass is 9.98. The van der Waals surface area contributed by atoms with Crippen LogP contribution in [0.3, 0.4) is 0 Å². The minimum Gasteiger partial charge on any atom is -0.206 e. The van der Waals surface area contributed by atoms with Crippen molar-refractivity contribution in [3.63, 3.8) is 0 Å². The molecule has 0 amide bonds. The van der Waals surface area contributed by atoms with Gasteiger partial charge in [0.1, 0.15) is 5.82 Å². The van der Waals surface area contributed by atoms with Gasteiger partial charge in [0.25, 0.3) is 0 Å². The molecule has 4 aromatic carbocycles. The molecule has 0 fully saturated rings. The van der Waals surface area contributed by atoms with Crippen molar-refractivity contribution in [3.8, 4) is 23.0 Å². The molecular formula is C28H23F.